The summed E-state index contributed by atoms with van der Waals surface area (Å²) in [5.41, 5.74) is 5.03. The van der Waals surface area contributed by atoms with Crippen LogP contribution in [0.15, 0.2) is 48.5 Å². The maximum atomic E-state index is 12.5. The number of nitrogens with one attached hydrogen (secondary N) is 3. The fourth-order valence-corrected chi connectivity index (χ4v) is 2.77. The average molecular weight is 362 g/mol. The van der Waals surface area contributed by atoms with Crippen LogP contribution in [0.3, 0.4) is 0 Å². The monoisotopic (exact) mass is 362 g/mol. The van der Waals surface area contributed by atoms with Gasteiger partial charge in [0, 0.05) is 28.2 Å². The molecule has 3 rings (SSSR count). The summed E-state index contributed by atoms with van der Waals surface area (Å²) in [4.78, 5) is 24.8. The molecule has 2 aromatic carbocycles. The van der Waals surface area contributed by atoms with Gasteiger partial charge in [0.1, 0.15) is 0 Å². The van der Waals surface area contributed by atoms with Crippen LogP contribution in [0.5, 0.6) is 0 Å². The number of aromatic nitrogens is 2. The lowest BCUT2D eigenvalue weighted by Gasteiger charge is -2.09. The predicted octanol–water partition coefficient (Wildman–Crippen LogP) is 4.09. The summed E-state index contributed by atoms with van der Waals surface area (Å²) in [6.07, 6.45) is 0.784. The fourth-order valence-electron chi connectivity index (χ4n) is 2.77. The lowest BCUT2D eigenvalue weighted by molar-refractivity contribution is 0.101. The number of amides is 2. The summed E-state index contributed by atoms with van der Waals surface area (Å²) in [5, 5.41) is 12.6. The highest BCUT2D eigenvalue weighted by Crippen LogP contribution is 2.18. The molecule has 0 saturated heterocycles. The lowest BCUT2D eigenvalue weighted by Crippen LogP contribution is -2.15. The normalized spacial score (nSPS) is 10.5. The molecule has 2 amide bonds. The Morgan fingerprint density at radius 3 is 2.19 bits per heavy atom. The number of nitrogens with zero attached hydrogens (tertiary/aromatic N) is 1. The van der Waals surface area contributed by atoms with Gasteiger partial charge in [0.25, 0.3) is 11.8 Å². The molecule has 0 saturated carbocycles. The third kappa shape index (κ3) is 4.23. The van der Waals surface area contributed by atoms with Crippen LogP contribution in [-0.4, -0.2) is 22.0 Å². The van der Waals surface area contributed by atoms with E-state index in [1.54, 1.807) is 36.4 Å². The van der Waals surface area contributed by atoms with Gasteiger partial charge in [-0.05, 0) is 50.6 Å². The molecule has 0 unspecified atom stereocenters. The molecule has 6 nitrogen and oxygen atoms in total. The van der Waals surface area contributed by atoms with Gasteiger partial charge in [-0.15, -0.1) is 0 Å². The van der Waals surface area contributed by atoms with Crippen LogP contribution in [0.1, 0.15) is 44.6 Å². The van der Waals surface area contributed by atoms with Crippen molar-refractivity contribution in [1.82, 2.24) is 10.2 Å². The molecule has 0 aliphatic heterocycles. The highest BCUT2D eigenvalue weighted by Gasteiger charge is 2.16. The van der Waals surface area contributed by atoms with Crippen molar-refractivity contribution < 1.29 is 9.59 Å². The van der Waals surface area contributed by atoms with Crippen LogP contribution in [0, 0.1) is 13.8 Å². The summed E-state index contributed by atoms with van der Waals surface area (Å²) >= 11 is 0. The van der Waals surface area contributed by atoms with E-state index in [9.17, 15) is 9.59 Å². The maximum absolute atomic E-state index is 12.5. The highest BCUT2D eigenvalue weighted by atomic mass is 16.2. The van der Waals surface area contributed by atoms with E-state index in [4.69, 9.17) is 0 Å². The molecular formula is C21H22N4O2. The molecule has 0 aliphatic rings. The van der Waals surface area contributed by atoms with Crippen molar-refractivity contribution in [2.45, 2.75) is 27.2 Å². The Kier molecular flexibility index (Phi) is 5.35. The summed E-state index contributed by atoms with van der Waals surface area (Å²) in [7, 11) is 0. The van der Waals surface area contributed by atoms with Gasteiger partial charge in [-0.25, -0.2) is 0 Å². The molecule has 1 heterocycles. The van der Waals surface area contributed by atoms with Crippen molar-refractivity contribution in [3.63, 3.8) is 0 Å². The minimum absolute atomic E-state index is 0.200. The standard InChI is InChI=1S/C21H22N4O2/c1-4-18-14(3)19(25-24-18)21(27)23-17-7-5-6-16(12-17)22-20(26)15-10-8-13(2)9-11-15/h5-12H,4H2,1-3H3,(H,22,26)(H,23,27)(H,24,25). The number of anilines is 2. The molecule has 27 heavy (non-hydrogen) atoms. The number of aromatic amines is 1. The predicted molar refractivity (Wildman–Crippen MR) is 106 cm³/mol. The van der Waals surface area contributed by atoms with Gasteiger partial charge >= 0.3 is 0 Å². The van der Waals surface area contributed by atoms with Gasteiger partial charge in [0.2, 0.25) is 0 Å². The Bertz CT molecular complexity index is 974. The second kappa shape index (κ2) is 7.86. The van der Waals surface area contributed by atoms with E-state index in [0.29, 0.717) is 22.6 Å². The van der Waals surface area contributed by atoms with Gasteiger partial charge in [-0.2, -0.15) is 5.10 Å². The molecule has 0 bridgehead atoms. The number of rotatable bonds is 5. The van der Waals surface area contributed by atoms with Crippen LogP contribution in [-0.2, 0) is 6.42 Å². The SMILES string of the molecule is CCc1[nH]nc(C(=O)Nc2cccc(NC(=O)c3ccc(C)cc3)c2)c1C. The van der Waals surface area contributed by atoms with E-state index in [0.717, 1.165) is 23.2 Å². The van der Waals surface area contributed by atoms with Crippen LogP contribution in [0.4, 0.5) is 11.4 Å². The van der Waals surface area contributed by atoms with Crippen LogP contribution in [0.25, 0.3) is 0 Å². The van der Waals surface area contributed by atoms with E-state index < -0.39 is 0 Å². The third-order valence-electron chi connectivity index (χ3n) is 4.37. The van der Waals surface area contributed by atoms with Crippen molar-refractivity contribution >= 4 is 23.2 Å². The minimum atomic E-state index is -0.287. The number of carbonyl (C=O) groups excluding carboxylic acids is 2. The number of aryl methyl sites for hydroxylation is 2. The maximum Gasteiger partial charge on any atom is 0.276 e. The van der Waals surface area contributed by atoms with E-state index in [1.807, 2.05) is 32.9 Å². The molecule has 6 heteroatoms. The Hall–Kier alpha value is -3.41. The fraction of sp³-hybridized carbons (Fsp3) is 0.190. The van der Waals surface area contributed by atoms with Gasteiger partial charge in [-0.3, -0.25) is 14.7 Å². The molecule has 0 atom stereocenters. The Labute approximate surface area is 158 Å². The second-order valence-corrected chi connectivity index (χ2v) is 6.38. The van der Waals surface area contributed by atoms with Crippen molar-refractivity contribution in [3.8, 4) is 0 Å². The molecule has 0 aliphatic carbocycles. The average Bonchev–Trinajstić information content (AvgIpc) is 3.03. The van der Waals surface area contributed by atoms with Gasteiger partial charge in [0.15, 0.2) is 5.69 Å². The zero-order valence-electron chi connectivity index (χ0n) is 15.6. The number of hydrogen-bond acceptors (Lipinski definition) is 3. The first-order valence-corrected chi connectivity index (χ1v) is 8.81. The van der Waals surface area contributed by atoms with E-state index in [-0.39, 0.29) is 11.8 Å². The lowest BCUT2D eigenvalue weighted by atomic mass is 10.1. The van der Waals surface area contributed by atoms with Gasteiger partial charge < -0.3 is 10.6 Å². The van der Waals surface area contributed by atoms with Crippen LogP contribution < -0.4 is 10.6 Å². The van der Waals surface area contributed by atoms with Gasteiger partial charge in [-0.1, -0.05) is 30.7 Å². The summed E-state index contributed by atoms with van der Waals surface area (Å²) in [5.74, 6) is -0.486. The van der Waals surface area contributed by atoms with Crippen LogP contribution in [0.2, 0.25) is 0 Å². The van der Waals surface area contributed by atoms with E-state index in [2.05, 4.69) is 20.8 Å². The molecule has 0 fully saturated rings. The van der Waals surface area contributed by atoms with E-state index >= 15 is 0 Å². The Balaban J connectivity index is 1.71. The van der Waals surface area contributed by atoms with Gasteiger partial charge in [0.05, 0.1) is 0 Å². The highest BCUT2D eigenvalue weighted by molar-refractivity contribution is 6.06. The Morgan fingerprint density at radius 2 is 1.59 bits per heavy atom. The van der Waals surface area contributed by atoms with Crippen molar-refractivity contribution in [1.29, 1.82) is 0 Å². The second-order valence-electron chi connectivity index (χ2n) is 6.38. The minimum Gasteiger partial charge on any atom is -0.322 e. The van der Waals surface area contributed by atoms with Crippen molar-refractivity contribution in [3.05, 3.63) is 76.6 Å². The first-order valence-electron chi connectivity index (χ1n) is 8.81. The molecule has 0 spiro atoms. The molecule has 138 valence electrons. The summed E-state index contributed by atoms with van der Waals surface area (Å²) in [6.45, 7) is 5.84. The largest absolute Gasteiger partial charge is 0.322 e. The zero-order chi connectivity index (χ0) is 19.4. The summed E-state index contributed by atoms with van der Waals surface area (Å²) < 4.78 is 0. The Morgan fingerprint density at radius 1 is 0.963 bits per heavy atom. The first kappa shape index (κ1) is 18.4. The number of H-pyrrole nitrogens is 1. The quantitative estimate of drug-likeness (QED) is 0.639. The first-order chi connectivity index (χ1) is 13.0. The number of benzene rings is 2. The van der Waals surface area contributed by atoms with Crippen molar-refractivity contribution in [2.24, 2.45) is 0 Å². The zero-order valence-corrected chi connectivity index (χ0v) is 15.6. The van der Waals surface area contributed by atoms with Crippen LogP contribution >= 0.6 is 0 Å². The number of hydrogen-bond donors (Lipinski definition) is 3. The summed E-state index contributed by atoms with van der Waals surface area (Å²) in [6, 6.07) is 14.4. The van der Waals surface area contributed by atoms with E-state index in [1.165, 1.54) is 0 Å². The topological polar surface area (TPSA) is 86.9 Å². The number of carbonyl (C=O) groups is 2. The molecular weight excluding hydrogens is 340 g/mol. The molecule has 0 radical (unpaired) electrons. The third-order valence-corrected chi connectivity index (χ3v) is 4.37. The molecule has 3 aromatic rings. The molecule has 3 N–H and O–H groups in total. The molecule has 1 aromatic heterocycles. The smallest absolute Gasteiger partial charge is 0.276 e. The van der Waals surface area contributed by atoms with Crippen molar-refractivity contribution in [2.75, 3.05) is 10.6 Å².